The van der Waals surface area contributed by atoms with Crippen molar-refractivity contribution in [3.63, 3.8) is 0 Å². The van der Waals surface area contributed by atoms with Crippen molar-refractivity contribution in [3.8, 4) is 0 Å². The summed E-state index contributed by atoms with van der Waals surface area (Å²) in [6, 6.07) is 20.6. The van der Waals surface area contributed by atoms with Gasteiger partial charge >= 0.3 is 0 Å². The number of carbonyl (C=O) groups excluding carboxylic acids is 1. The Bertz CT molecular complexity index is 919. The SMILES string of the molecule is NC(=O)C1CCN([C@@H](c2ccccc2)c2nnnn2CCc2ccccc2)CC1. The maximum Gasteiger partial charge on any atom is 0.220 e. The van der Waals surface area contributed by atoms with E-state index in [0.717, 1.165) is 43.7 Å². The minimum atomic E-state index is -0.200. The number of nitrogens with two attached hydrogens (primary N) is 1. The van der Waals surface area contributed by atoms with Crippen molar-refractivity contribution < 1.29 is 4.79 Å². The van der Waals surface area contributed by atoms with Crippen molar-refractivity contribution >= 4 is 5.91 Å². The molecule has 3 aromatic rings. The summed E-state index contributed by atoms with van der Waals surface area (Å²) >= 11 is 0. The number of aromatic nitrogens is 4. The van der Waals surface area contributed by atoms with Crippen molar-refractivity contribution in [1.29, 1.82) is 0 Å². The number of tetrazole rings is 1. The van der Waals surface area contributed by atoms with Crippen LogP contribution in [0, 0.1) is 5.92 Å². The zero-order chi connectivity index (χ0) is 20.1. The topological polar surface area (TPSA) is 89.9 Å². The van der Waals surface area contributed by atoms with E-state index in [1.54, 1.807) is 0 Å². The van der Waals surface area contributed by atoms with Crippen LogP contribution in [0.3, 0.4) is 0 Å². The molecule has 1 saturated heterocycles. The lowest BCUT2D eigenvalue weighted by Gasteiger charge is -2.36. The van der Waals surface area contributed by atoms with Gasteiger partial charge in [0.25, 0.3) is 0 Å². The maximum absolute atomic E-state index is 11.6. The molecule has 1 atom stereocenters. The smallest absolute Gasteiger partial charge is 0.220 e. The molecule has 1 amide bonds. The molecule has 7 heteroatoms. The Labute approximate surface area is 170 Å². The van der Waals surface area contributed by atoms with Gasteiger partial charge in [-0.3, -0.25) is 9.69 Å². The summed E-state index contributed by atoms with van der Waals surface area (Å²) in [4.78, 5) is 13.9. The summed E-state index contributed by atoms with van der Waals surface area (Å²) in [7, 11) is 0. The van der Waals surface area contributed by atoms with Crippen molar-refractivity contribution in [2.24, 2.45) is 11.7 Å². The van der Waals surface area contributed by atoms with Crippen LogP contribution in [0.5, 0.6) is 0 Å². The first kappa shape index (κ1) is 19.3. The average molecular weight is 390 g/mol. The van der Waals surface area contributed by atoms with Crippen molar-refractivity contribution in [2.45, 2.75) is 31.8 Å². The summed E-state index contributed by atoms with van der Waals surface area (Å²) in [6.45, 7) is 2.30. The molecule has 1 aliphatic heterocycles. The third-order valence-corrected chi connectivity index (χ3v) is 5.67. The minimum Gasteiger partial charge on any atom is -0.369 e. The van der Waals surface area contributed by atoms with E-state index in [2.05, 4.69) is 44.7 Å². The number of likely N-dealkylation sites (tertiary alicyclic amines) is 1. The van der Waals surface area contributed by atoms with Gasteiger partial charge in [0.15, 0.2) is 5.82 Å². The lowest BCUT2D eigenvalue weighted by molar-refractivity contribution is -0.123. The summed E-state index contributed by atoms with van der Waals surface area (Å²) in [6.07, 6.45) is 2.40. The zero-order valence-electron chi connectivity index (χ0n) is 16.4. The standard InChI is InChI=1S/C22H26N6O/c23-21(29)19-12-14-27(15-13-19)20(18-9-5-2-6-10-18)22-24-25-26-28(22)16-11-17-7-3-1-4-8-17/h1-10,19-20H,11-16H2,(H2,23,29)/t20-/m0/s1. The highest BCUT2D eigenvalue weighted by molar-refractivity contribution is 5.76. The molecule has 0 unspecified atom stereocenters. The maximum atomic E-state index is 11.6. The Morgan fingerprint density at radius 2 is 1.69 bits per heavy atom. The molecule has 0 radical (unpaired) electrons. The molecule has 150 valence electrons. The third-order valence-electron chi connectivity index (χ3n) is 5.67. The Kier molecular flexibility index (Phi) is 5.95. The molecule has 1 aromatic heterocycles. The van der Waals surface area contributed by atoms with E-state index in [4.69, 9.17) is 5.73 Å². The summed E-state index contributed by atoms with van der Waals surface area (Å²) < 4.78 is 1.91. The molecule has 1 fully saturated rings. The number of carbonyl (C=O) groups is 1. The molecule has 0 aliphatic carbocycles. The molecule has 0 bridgehead atoms. The summed E-state index contributed by atoms with van der Waals surface area (Å²) in [5.41, 5.74) is 7.93. The predicted octanol–water partition coefficient (Wildman–Crippen LogP) is 2.20. The number of nitrogens with zero attached hydrogens (tertiary/aromatic N) is 5. The molecular formula is C22H26N6O. The Balaban J connectivity index is 1.58. The first-order valence-electron chi connectivity index (χ1n) is 10.1. The lowest BCUT2D eigenvalue weighted by Crippen LogP contribution is -2.41. The minimum absolute atomic E-state index is 0.0447. The van der Waals surface area contributed by atoms with Gasteiger partial charge in [0.2, 0.25) is 5.91 Å². The van der Waals surface area contributed by atoms with Crippen molar-refractivity contribution in [3.05, 3.63) is 77.6 Å². The van der Waals surface area contributed by atoms with E-state index in [1.807, 2.05) is 41.1 Å². The lowest BCUT2D eigenvalue weighted by atomic mass is 9.93. The fourth-order valence-corrected chi connectivity index (χ4v) is 4.05. The van der Waals surface area contributed by atoms with Gasteiger partial charge in [0, 0.05) is 12.5 Å². The fourth-order valence-electron chi connectivity index (χ4n) is 4.05. The fraction of sp³-hybridized carbons (Fsp3) is 0.364. The van der Waals surface area contributed by atoms with E-state index in [-0.39, 0.29) is 17.9 Å². The number of rotatable bonds is 7. The van der Waals surface area contributed by atoms with E-state index in [9.17, 15) is 4.79 Å². The van der Waals surface area contributed by atoms with Gasteiger partial charge in [-0.1, -0.05) is 60.7 Å². The first-order chi connectivity index (χ1) is 14.2. The van der Waals surface area contributed by atoms with Gasteiger partial charge in [-0.2, -0.15) is 0 Å². The van der Waals surface area contributed by atoms with Crippen LogP contribution >= 0.6 is 0 Å². The molecule has 29 heavy (non-hydrogen) atoms. The second kappa shape index (κ2) is 8.96. The van der Waals surface area contributed by atoms with Crippen LogP contribution in [0.4, 0.5) is 0 Å². The van der Waals surface area contributed by atoms with Crippen LogP contribution in [0.2, 0.25) is 0 Å². The highest BCUT2D eigenvalue weighted by atomic mass is 16.1. The quantitative estimate of drug-likeness (QED) is 0.668. The van der Waals surface area contributed by atoms with E-state index in [1.165, 1.54) is 5.56 Å². The number of primary amides is 1. The van der Waals surface area contributed by atoms with E-state index < -0.39 is 0 Å². The van der Waals surface area contributed by atoms with Gasteiger partial charge in [-0.25, -0.2) is 4.68 Å². The Morgan fingerprint density at radius 3 is 2.34 bits per heavy atom. The number of benzene rings is 2. The number of hydrogen-bond donors (Lipinski definition) is 1. The third kappa shape index (κ3) is 4.51. The second-order valence-corrected chi connectivity index (χ2v) is 7.52. The first-order valence-corrected chi connectivity index (χ1v) is 10.1. The molecule has 7 nitrogen and oxygen atoms in total. The molecule has 4 rings (SSSR count). The number of aryl methyl sites for hydroxylation is 2. The van der Waals surface area contributed by atoms with E-state index >= 15 is 0 Å². The highest BCUT2D eigenvalue weighted by Gasteiger charge is 2.32. The van der Waals surface area contributed by atoms with Gasteiger partial charge in [-0.15, -0.1) is 5.10 Å². The molecule has 2 aromatic carbocycles. The average Bonchev–Trinajstić information content (AvgIpc) is 3.22. The second-order valence-electron chi connectivity index (χ2n) is 7.52. The number of piperidine rings is 1. The molecule has 1 aliphatic rings. The van der Waals surface area contributed by atoms with Gasteiger partial charge in [0.1, 0.15) is 0 Å². The normalized spacial score (nSPS) is 16.6. The predicted molar refractivity (Wildman–Crippen MR) is 110 cm³/mol. The van der Waals surface area contributed by atoms with Crippen molar-refractivity contribution in [2.75, 3.05) is 13.1 Å². The Hall–Kier alpha value is -3.06. The number of amides is 1. The zero-order valence-corrected chi connectivity index (χ0v) is 16.4. The van der Waals surface area contributed by atoms with Gasteiger partial charge in [-0.05, 0) is 53.9 Å². The highest BCUT2D eigenvalue weighted by Crippen LogP contribution is 2.31. The van der Waals surface area contributed by atoms with Crippen LogP contribution < -0.4 is 5.73 Å². The van der Waals surface area contributed by atoms with Crippen LogP contribution in [0.25, 0.3) is 0 Å². The van der Waals surface area contributed by atoms with Crippen LogP contribution in [0.15, 0.2) is 60.7 Å². The van der Waals surface area contributed by atoms with Crippen LogP contribution in [0.1, 0.15) is 35.8 Å². The summed E-state index contributed by atoms with van der Waals surface area (Å²) in [5.74, 6) is 0.593. The van der Waals surface area contributed by atoms with Gasteiger partial charge in [0.05, 0.1) is 6.04 Å². The molecular weight excluding hydrogens is 364 g/mol. The van der Waals surface area contributed by atoms with E-state index in [0.29, 0.717) is 6.54 Å². The monoisotopic (exact) mass is 390 g/mol. The largest absolute Gasteiger partial charge is 0.369 e. The summed E-state index contributed by atoms with van der Waals surface area (Å²) in [5, 5.41) is 12.7. The van der Waals surface area contributed by atoms with Crippen LogP contribution in [-0.2, 0) is 17.8 Å². The molecule has 2 heterocycles. The van der Waals surface area contributed by atoms with Crippen molar-refractivity contribution in [1.82, 2.24) is 25.1 Å². The number of hydrogen-bond acceptors (Lipinski definition) is 5. The van der Waals surface area contributed by atoms with Crippen LogP contribution in [-0.4, -0.2) is 44.1 Å². The molecule has 2 N–H and O–H groups in total. The molecule has 0 spiro atoms. The molecule has 0 saturated carbocycles. The Morgan fingerprint density at radius 1 is 1.03 bits per heavy atom. The van der Waals surface area contributed by atoms with Gasteiger partial charge < -0.3 is 5.73 Å².